The molecule has 0 aromatic rings. The van der Waals surface area contributed by atoms with Crippen LogP contribution in [0, 0.1) is 5.41 Å². The van der Waals surface area contributed by atoms with Crippen molar-refractivity contribution in [3.05, 3.63) is 0 Å². The first-order valence-corrected chi connectivity index (χ1v) is 8.90. The van der Waals surface area contributed by atoms with Crippen molar-refractivity contribution < 1.29 is 14.7 Å². The summed E-state index contributed by atoms with van der Waals surface area (Å²) < 4.78 is 0. The minimum absolute atomic E-state index is 0.0685. The zero-order valence-corrected chi connectivity index (χ0v) is 13.0. The third kappa shape index (κ3) is 3.68. The number of nitrogens with one attached hydrogen (secondary N) is 1. The predicted octanol–water partition coefficient (Wildman–Crippen LogP) is 2.81. The van der Waals surface area contributed by atoms with Crippen LogP contribution in [-0.2, 0) is 9.59 Å². The van der Waals surface area contributed by atoms with Crippen molar-refractivity contribution in [1.82, 2.24) is 5.32 Å². The lowest BCUT2D eigenvalue weighted by Gasteiger charge is -2.32. The van der Waals surface area contributed by atoms with Gasteiger partial charge in [0.05, 0.1) is 5.41 Å². The zero-order chi connectivity index (χ0) is 14.6. The Kier molecular flexibility index (Phi) is 5.35. The molecule has 0 bridgehead atoms. The highest BCUT2D eigenvalue weighted by atomic mass is 32.2. The molecule has 1 amide bonds. The Morgan fingerprint density at radius 2 is 1.95 bits per heavy atom. The molecule has 2 atom stereocenters. The average molecular weight is 299 g/mol. The molecular weight excluding hydrogens is 274 g/mol. The van der Waals surface area contributed by atoms with Crippen LogP contribution in [0.2, 0.25) is 0 Å². The highest BCUT2D eigenvalue weighted by Crippen LogP contribution is 2.39. The quantitative estimate of drug-likeness (QED) is 0.819. The van der Waals surface area contributed by atoms with Crippen LogP contribution in [-0.4, -0.2) is 34.5 Å². The summed E-state index contributed by atoms with van der Waals surface area (Å²) in [6.45, 7) is 0. The molecule has 4 nitrogen and oxygen atoms in total. The van der Waals surface area contributed by atoms with E-state index in [-0.39, 0.29) is 18.4 Å². The second-order valence-electron chi connectivity index (χ2n) is 6.26. The summed E-state index contributed by atoms with van der Waals surface area (Å²) in [6, 6.07) is 0.245. The molecule has 2 fully saturated rings. The Hall–Kier alpha value is -0.710. The molecule has 20 heavy (non-hydrogen) atoms. The van der Waals surface area contributed by atoms with Crippen molar-refractivity contribution in [2.75, 3.05) is 6.26 Å². The molecule has 2 rings (SSSR count). The molecule has 2 saturated carbocycles. The zero-order valence-electron chi connectivity index (χ0n) is 12.2. The second-order valence-corrected chi connectivity index (χ2v) is 7.40. The summed E-state index contributed by atoms with van der Waals surface area (Å²) in [4.78, 5) is 23.8. The Bertz CT molecular complexity index is 366. The van der Waals surface area contributed by atoms with E-state index in [4.69, 9.17) is 0 Å². The molecule has 0 aromatic carbocycles. The topological polar surface area (TPSA) is 66.4 Å². The van der Waals surface area contributed by atoms with Gasteiger partial charge in [0.1, 0.15) is 0 Å². The molecule has 2 aliphatic carbocycles. The minimum atomic E-state index is -0.806. The number of carboxylic acid groups (broad SMARTS) is 1. The Balaban J connectivity index is 1.87. The van der Waals surface area contributed by atoms with E-state index >= 15 is 0 Å². The molecule has 0 heterocycles. The highest BCUT2D eigenvalue weighted by Gasteiger charge is 2.41. The van der Waals surface area contributed by atoms with Gasteiger partial charge in [-0.3, -0.25) is 9.59 Å². The van der Waals surface area contributed by atoms with Crippen LogP contribution in [0.4, 0.5) is 0 Å². The lowest BCUT2D eigenvalue weighted by atomic mass is 9.71. The van der Waals surface area contributed by atoms with Crippen LogP contribution in [0.25, 0.3) is 0 Å². The second kappa shape index (κ2) is 6.83. The third-order valence-electron chi connectivity index (χ3n) is 4.85. The van der Waals surface area contributed by atoms with E-state index in [0.717, 1.165) is 38.5 Å². The van der Waals surface area contributed by atoms with E-state index in [2.05, 4.69) is 11.6 Å². The van der Waals surface area contributed by atoms with Gasteiger partial charge in [-0.05, 0) is 38.4 Å². The number of hydrogen-bond acceptors (Lipinski definition) is 3. The van der Waals surface area contributed by atoms with Gasteiger partial charge in [-0.2, -0.15) is 11.8 Å². The molecule has 0 radical (unpaired) electrons. The summed E-state index contributed by atoms with van der Waals surface area (Å²) in [5.41, 5.74) is -0.806. The number of hydrogen-bond donors (Lipinski definition) is 2. The van der Waals surface area contributed by atoms with Gasteiger partial charge in [0, 0.05) is 17.7 Å². The van der Waals surface area contributed by atoms with E-state index in [1.807, 2.05) is 11.8 Å². The predicted molar refractivity (Wildman–Crippen MR) is 80.9 cm³/mol. The molecule has 0 aliphatic heterocycles. The third-order valence-corrected chi connectivity index (χ3v) is 5.94. The van der Waals surface area contributed by atoms with Gasteiger partial charge in [-0.1, -0.05) is 19.3 Å². The molecule has 2 unspecified atom stereocenters. The maximum atomic E-state index is 12.2. The van der Waals surface area contributed by atoms with E-state index in [1.165, 1.54) is 0 Å². The average Bonchev–Trinajstić information content (AvgIpc) is 2.87. The summed E-state index contributed by atoms with van der Waals surface area (Å²) in [5, 5.41) is 13.2. The van der Waals surface area contributed by atoms with Gasteiger partial charge in [-0.15, -0.1) is 0 Å². The number of carbonyl (C=O) groups excluding carboxylic acids is 1. The van der Waals surface area contributed by atoms with Crippen molar-refractivity contribution in [1.29, 1.82) is 0 Å². The van der Waals surface area contributed by atoms with Crippen molar-refractivity contribution in [3.63, 3.8) is 0 Å². The van der Waals surface area contributed by atoms with Crippen molar-refractivity contribution >= 4 is 23.6 Å². The summed E-state index contributed by atoms with van der Waals surface area (Å²) in [6.07, 6.45) is 9.70. The smallest absolute Gasteiger partial charge is 0.310 e. The number of amides is 1. The van der Waals surface area contributed by atoms with Gasteiger partial charge >= 0.3 is 5.97 Å². The molecule has 0 spiro atoms. The maximum Gasteiger partial charge on any atom is 0.310 e. The van der Waals surface area contributed by atoms with Gasteiger partial charge in [0.2, 0.25) is 5.91 Å². The normalized spacial score (nSPS) is 29.1. The van der Waals surface area contributed by atoms with Crippen LogP contribution < -0.4 is 5.32 Å². The van der Waals surface area contributed by atoms with Crippen molar-refractivity contribution in [3.8, 4) is 0 Å². The number of carbonyl (C=O) groups is 2. The number of thioether (sulfide) groups is 1. The Morgan fingerprint density at radius 1 is 1.25 bits per heavy atom. The standard InChI is InChI=1S/C15H25NO3S/c1-20-12-6-5-11(9-12)16-13(17)10-15(14(18)19)7-3-2-4-8-15/h11-12H,2-10H2,1H3,(H,16,17)(H,18,19). The molecule has 2 aliphatic rings. The molecule has 2 N–H and O–H groups in total. The van der Waals surface area contributed by atoms with Gasteiger partial charge in [0.25, 0.3) is 0 Å². The summed E-state index contributed by atoms with van der Waals surface area (Å²) in [5.74, 6) is -0.859. The van der Waals surface area contributed by atoms with E-state index in [0.29, 0.717) is 18.1 Å². The first-order chi connectivity index (χ1) is 9.55. The van der Waals surface area contributed by atoms with Gasteiger partial charge < -0.3 is 10.4 Å². The van der Waals surface area contributed by atoms with Crippen LogP contribution in [0.3, 0.4) is 0 Å². The fourth-order valence-corrected chi connectivity index (χ4v) is 4.36. The Morgan fingerprint density at radius 3 is 2.50 bits per heavy atom. The SMILES string of the molecule is CSC1CCC(NC(=O)CC2(C(=O)O)CCCCC2)C1. The summed E-state index contributed by atoms with van der Waals surface area (Å²) in [7, 11) is 0. The van der Waals surface area contributed by atoms with Crippen LogP contribution in [0.5, 0.6) is 0 Å². The maximum absolute atomic E-state index is 12.2. The van der Waals surface area contributed by atoms with Crippen molar-refractivity contribution in [2.45, 2.75) is 69.1 Å². The molecule has 5 heteroatoms. The Labute approximate surface area is 125 Å². The molecule has 0 aromatic heterocycles. The fourth-order valence-electron chi connectivity index (χ4n) is 3.57. The lowest BCUT2D eigenvalue weighted by molar-refractivity contribution is -0.154. The highest BCUT2D eigenvalue weighted by molar-refractivity contribution is 7.99. The first kappa shape index (κ1) is 15.7. The largest absolute Gasteiger partial charge is 0.481 e. The number of rotatable bonds is 5. The first-order valence-electron chi connectivity index (χ1n) is 7.61. The minimum Gasteiger partial charge on any atom is -0.481 e. The summed E-state index contributed by atoms with van der Waals surface area (Å²) >= 11 is 1.86. The van der Waals surface area contributed by atoms with Gasteiger partial charge in [-0.25, -0.2) is 0 Å². The number of aliphatic carboxylic acids is 1. The molecule has 114 valence electrons. The van der Waals surface area contributed by atoms with Crippen LogP contribution in [0.15, 0.2) is 0 Å². The van der Waals surface area contributed by atoms with E-state index in [9.17, 15) is 14.7 Å². The van der Waals surface area contributed by atoms with Crippen LogP contribution >= 0.6 is 11.8 Å². The molecular formula is C15H25NO3S. The number of carboxylic acids is 1. The van der Waals surface area contributed by atoms with E-state index < -0.39 is 11.4 Å². The van der Waals surface area contributed by atoms with Crippen LogP contribution in [0.1, 0.15) is 57.8 Å². The van der Waals surface area contributed by atoms with Crippen molar-refractivity contribution in [2.24, 2.45) is 5.41 Å². The van der Waals surface area contributed by atoms with Gasteiger partial charge in [0.15, 0.2) is 0 Å². The molecule has 0 saturated heterocycles. The van der Waals surface area contributed by atoms with E-state index in [1.54, 1.807) is 0 Å². The lowest BCUT2D eigenvalue weighted by Crippen LogP contribution is -2.41. The fraction of sp³-hybridized carbons (Fsp3) is 0.867. The monoisotopic (exact) mass is 299 g/mol.